The Balaban J connectivity index is 2.11. The summed E-state index contributed by atoms with van der Waals surface area (Å²) in [6, 6.07) is 8.98. The van der Waals surface area contributed by atoms with Gasteiger partial charge in [0.25, 0.3) is 0 Å². The third-order valence-corrected chi connectivity index (χ3v) is 5.42. The van der Waals surface area contributed by atoms with Crippen molar-refractivity contribution in [2.75, 3.05) is 13.1 Å². The summed E-state index contributed by atoms with van der Waals surface area (Å²) >= 11 is 0. The van der Waals surface area contributed by atoms with Gasteiger partial charge in [0.1, 0.15) is 5.76 Å². The molecular formula is C18H20N2O5S. The molecule has 0 aliphatic heterocycles. The molecule has 2 rings (SSSR count). The van der Waals surface area contributed by atoms with E-state index in [0.717, 1.165) is 4.31 Å². The van der Waals surface area contributed by atoms with Crippen molar-refractivity contribution < 1.29 is 22.4 Å². The molecule has 0 saturated carbocycles. The molecule has 0 radical (unpaired) electrons. The highest BCUT2D eigenvalue weighted by Crippen LogP contribution is 2.17. The van der Waals surface area contributed by atoms with Crippen molar-refractivity contribution in [3.63, 3.8) is 0 Å². The van der Waals surface area contributed by atoms with E-state index in [1.54, 1.807) is 12.1 Å². The van der Waals surface area contributed by atoms with Crippen LogP contribution < -0.4 is 5.32 Å². The van der Waals surface area contributed by atoms with Crippen LogP contribution in [0.3, 0.4) is 0 Å². The average Bonchev–Trinajstić information content (AvgIpc) is 3.13. The van der Waals surface area contributed by atoms with Crippen molar-refractivity contribution in [3.8, 4) is 0 Å². The monoisotopic (exact) mass is 376 g/mol. The first kappa shape index (κ1) is 19.6. The minimum Gasteiger partial charge on any atom is -0.467 e. The number of ketones is 1. The van der Waals surface area contributed by atoms with Crippen molar-refractivity contribution >= 4 is 21.7 Å². The van der Waals surface area contributed by atoms with E-state index in [4.69, 9.17) is 4.42 Å². The lowest BCUT2D eigenvalue weighted by Crippen LogP contribution is -2.40. The maximum atomic E-state index is 12.8. The normalized spacial score (nSPS) is 11.3. The van der Waals surface area contributed by atoms with Crippen LogP contribution >= 0.6 is 0 Å². The van der Waals surface area contributed by atoms with Gasteiger partial charge in [-0.2, -0.15) is 4.31 Å². The summed E-state index contributed by atoms with van der Waals surface area (Å²) < 4.78 is 31.7. The molecule has 0 fully saturated rings. The van der Waals surface area contributed by atoms with Crippen LogP contribution in [-0.4, -0.2) is 37.5 Å². The minimum absolute atomic E-state index is 0.00295. The zero-order valence-electron chi connectivity index (χ0n) is 14.3. The highest BCUT2D eigenvalue weighted by Gasteiger charge is 2.25. The van der Waals surface area contributed by atoms with Gasteiger partial charge in [-0.25, -0.2) is 8.42 Å². The van der Waals surface area contributed by atoms with Crippen LogP contribution in [0.1, 0.15) is 23.0 Å². The summed E-state index contributed by atoms with van der Waals surface area (Å²) in [5, 5.41) is 2.60. The Morgan fingerprint density at radius 1 is 1.23 bits per heavy atom. The Morgan fingerprint density at radius 2 is 1.92 bits per heavy atom. The molecule has 8 heteroatoms. The molecule has 26 heavy (non-hydrogen) atoms. The number of hydrogen-bond donors (Lipinski definition) is 1. The SMILES string of the molecule is C=CCN(CC(=O)NCc1ccco1)S(=O)(=O)c1ccc(C(C)=O)cc1. The van der Waals surface area contributed by atoms with Crippen molar-refractivity contribution in [2.24, 2.45) is 0 Å². The molecule has 138 valence electrons. The second kappa shape index (κ2) is 8.59. The van der Waals surface area contributed by atoms with E-state index >= 15 is 0 Å². The standard InChI is InChI=1S/C18H20N2O5S/c1-3-10-20(13-18(22)19-12-16-5-4-11-25-16)26(23,24)17-8-6-15(7-9-17)14(2)21/h3-9,11H,1,10,12-13H2,2H3,(H,19,22). The zero-order valence-corrected chi connectivity index (χ0v) is 15.2. The molecule has 1 aromatic carbocycles. The second-order valence-electron chi connectivity index (χ2n) is 5.52. The summed E-state index contributed by atoms with van der Waals surface area (Å²) in [5.74, 6) is -0.0577. The quantitative estimate of drug-likeness (QED) is 0.533. The largest absolute Gasteiger partial charge is 0.467 e. The van der Waals surface area contributed by atoms with E-state index in [0.29, 0.717) is 11.3 Å². The van der Waals surface area contributed by atoms with E-state index < -0.39 is 15.9 Å². The van der Waals surface area contributed by atoms with Crippen LogP contribution in [0.2, 0.25) is 0 Å². The number of nitrogens with zero attached hydrogens (tertiary/aromatic N) is 1. The first-order valence-corrected chi connectivity index (χ1v) is 9.29. The Morgan fingerprint density at radius 3 is 2.46 bits per heavy atom. The maximum Gasteiger partial charge on any atom is 0.243 e. The predicted molar refractivity (Wildman–Crippen MR) is 96.0 cm³/mol. The number of benzene rings is 1. The first-order chi connectivity index (χ1) is 12.3. The first-order valence-electron chi connectivity index (χ1n) is 7.85. The van der Waals surface area contributed by atoms with Crippen LogP contribution in [-0.2, 0) is 21.4 Å². The van der Waals surface area contributed by atoms with Gasteiger partial charge in [0, 0.05) is 12.1 Å². The maximum absolute atomic E-state index is 12.8. The van der Waals surface area contributed by atoms with Gasteiger partial charge in [-0.3, -0.25) is 9.59 Å². The molecule has 0 atom stereocenters. The van der Waals surface area contributed by atoms with Gasteiger partial charge in [-0.15, -0.1) is 6.58 Å². The number of hydrogen-bond acceptors (Lipinski definition) is 5. The number of Topliss-reactive ketones (excluding diaryl/α,β-unsaturated/α-hetero) is 1. The van der Waals surface area contributed by atoms with E-state index in [-0.39, 0.29) is 30.3 Å². The van der Waals surface area contributed by atoms with Crippen molar-refractivity contribution in [1.29, 1.82) is 0 Å². The topological polar surface area (TPSA) is 96.7 Å². The molecule has 1 N–H and O–H groups in total. The lowest BCUT2D eigenvalue weighted by Gasteiger charge is -2.20. The van der Waals surface area contributed by atoms with Crippen molar-refractivity contribution in [1.82, 2.24) is 9.62 Å². The fourth-order valence-electron chi connectivity index (χ4n) is 2.22. The molecule has 0 bridgehead atoms. The Hall–Kier alpha value is -2.71. The van der Waals surface area contributed by atoms with E-state index in [1.165, 1.54) is 43.5 Å². The minimum atomic E-state index is -3.91. The van der Waals surface area contributed by atoms with Crippen molar-refractivity contribution in [2.45, 2.75) is 18.4 Å². The Bertz CT molecular complexity index is 871. The molecule has 1 amide bonds. The van der Waals surface area contributed by atoms with E-state index in [9.17, 15) is 18.0 Å². The molecule has 0 unspecified atom stereocenters. The number of rotatable bonds is 9. The number of amides is 1. The molecule has 2 aromatic rings. The second-order valence-corrected chi connectivity index (χ2v) is 7.46. The fraction of sp³-hybridized carbons (Fsp3) is 0.222. The summed E-state index contributed by atoms with van der Waals surface area (Å²) in [6.07, 6.45) is 2.89. The summed E-state index contributed by atoms with van der Waals surface area (Å²) in [4.78, 5) is 23.4. The molecule has 0 spiro atoms. The van der Waals surface area contributed by atoms with Gasteiger partial charge < -0.3 is 9.73 Å². The van der Waals surface area contributed by atoms with Crippen LogP contribution in [0.4, 0.5) is 0 Å². The van der Waals surface area contributed by atoms with Crippen LogP contribution in [0.15, 0.2) is 64.6 Å². The van der Waals surface area contributed by atoms with Crippen LogP contribution in [0.5, 0.6) is 0 Å². The van der Waals surface area contributed by atoms with Gasteiger partial charge >= 0.3 is 0 Å². The number of nitrogens with one attached hydrogen (secondary N) is 1. The van der Waals surface area contributed by atoms with Gasteiger partial charge in [-0.1, -0.05) is 18.2 Å². The van der Waals surface area contributed by atoms with E-state index in [1.807, 2.05) is 0 Å². The number of sulfonamides is 1. The molecule has 0 saturated heterocycles. The van der Waals surface area contributed by atoms with Crippen LogP contribution in [0.25, 0.3) is 0 Å². The summed E-state index contributed by atoms with van der Waals surface area (Å²) in [5.41, 5.74) is 0.412. The van der Waals surface area contributed by atoms with Crippen molar-refractivity contribution in [3.05, 3.63) is 66.6 Å². The van der Waals surface area contributed by atoms with Gasteiger partial charge in [0.15, 0.2) is 5.78 Å². The summed E-state index contributed by atoms with van der Waals surface area (Å²) in [7, 11) is -3.91. The third kappa shape index (κ3) is 4.90. The number of carbonyl (C=O) groups is 2. The predicted octanol–water partition coefficient (Wildman–Crippen LogP) is 1.98. The fourth-order valence-corrected chi connectivity index (χ4v) is 3.58. The summed E-state index contributed by atoms with van der Waals surface area (Å²) in [6.45, 7) is 4.73. The molecule has 7 nitrogen and oxygen atoms in total. The molecular weight excluding hydrogens is 356 g/mol. The lowest BCUT2D eigenvalue weighted by molar-refractivity contribution is -0.121. The smallest absolute Gasteiger partial charge is 0.243 e. The number of carbonyl (C=O) groups excluding carboxylic acids is 2. The van der Waals surface area contributed by atoms with E-state index in [2.05, 4.69) is 11.9 Å². The molecule has 1 heterocycles. The Labute approximate surface area is 152 Å². The van der Waals surface area contributed by atoms with Crippen LogP contribution in [0, 0.1) is 0 Å². The Kier molecular flexibility index (Phi) is 6.48. The van der Waals surface area contributed by atoms with Gasteiger partial charge in [0.05, 0.1) is 24.2 Å². The molecule has 1 aromatic heterocycles. The lowest BCUT2D eigenvalue weighted by atomic mass is 10.2. The average molecular weight is 376 g/mol. The van der Waals surface area contributed by atoms with Gasteiger partial charge in [0.2, 0.25) is 15.9 Å². The highest BCUT2D eigenvalue weighted by atomic mass is 32.2. The molecule has 0 aliphatic rings. The molecule has 0 aliphatic carbocycles. The third-order valence-electron chi connectivity index (χ3n) is 3.59. The number of furan rings is 1. The zero-order chi connectivity index (χ0) is 19.2. The highest BCUT2D eigenvalue weighted by molar-refractivity contribution is 7.89. The van der Waals surface area contributed by atoms with Gasteiger partial charge in [-0.05, 0) is 31.2 Å².